The van der Waals surface area contributed by atoms with E-state index < -0.39 is 24.3 Å². The molecule has 15 heteroatoms. The van der Waals surface area contributed by atoms with Gasteiger partial charge in [0.1, 0.15) is 29.4 Å². The Morgan fingerprint density at radius 3 is 2.14 bits per heavy atom. The molecular formula is C43H51N9O6. The molecule has 7 rings (SSSR count). The second-order valence-electron chi connectivity index (χ2n) is 15.9. The summed E-state index contributed by atoms with van der Waals surface area (Å²) < 4.78 is 4.76. The van der Waals surface area contributed by atoms with Crippen LogP contribution in [0.2, 0.25) is 0 Å². The van der Waals surface area contributed by atoms with Crippen molar-refractivity contribution in [1.29, 1.82) is 0 Å². The molecule has 3 aromatic heterocycles. The van der Waals surface area contributed by atoms with Gasteiger partial charge in [0.05, 0.1) is 42.3 Å². The Balaban J connectivity index is 1.03. The monoisotopic (exact) mass is 789 g/mol. The molecular weight excluding hydrogens is 739 g/mol. The maximum atomic E-state index is 13.6. The molecule has 0 radical (unpaired) electrons. The van der Waals surface area contributed by atoms with E-state index in [4.69, 9.17) is 14.7 Å². The van der Waals surface area contributed by atoms with Gasteiger partial charge in [-0.1, -0.05) is 64.1 Å². The number of pyridine rings is 1. The summed E-state index contributed by atoms with van der Waals surface area (Å²) in [7, 11) is 2.73. The number of hydrogen-bond acceptors (Lipinski definition) is 8. The van der Waals surface area contributed by atoms with Gasteiger partial charge in [-0.25, -0.2) is 24.5 Å². The van der Waals surface area contributed by atoms with Crippen LogP contribution in [0.3, 0.4) is 0 Å². The molecule has 2 aliphatic rings. The van der Waals surface area contributed by atoms with Gasteiger partial charge in [0.2, 0.25) is 11.8 Å². The normalized spacial score (nSPS) is 17.9. The number of carbonyl (C=O) groups is 4. The van der Waals surface area contributed by atoms with Crippen LogP contribution in [0, 0.1) is 11.8 Å². The predicted molar refractivity (Wildman–Crippen MR) is 218 cm³/mol. The first kappa shape index (κ1) is 40.0. The minimum Gasteiger partial charge on any atom is -0.465 e. The summed E-state index contributed by atoms with van der Waals surface area (Å²) in [6.45, 7) is 8.64. The smallest absolute Gasteiger partial charge is 0.407 e. The molecule has 0 aliphatic carbocycles. The van der Waals surface area contributed by atoms with Crippen molar-refractivity contribution in [1.82, 2.24) is 44.9 Å². The number of carbonyl (C=O) groups excluding carboxylic acids is 3. The third kappa shape index (κ3) is 7.98. The highest BCUT2D eigenvalue weighted by atomic mass is 16.5. The van der Waals surface area contributed by atoms with Gasteiger partial charge >= 0.3 is 12.2 Å². The highest BCUT2D eigenvalue weighted by Crippen LogP contribution is 2.35. The fourth-order valence-corrected chi connectivity index (χ4v) is 8.28. The molecule has 2 saturated heterocycles. The van der Waals surface area contributed by atoms with Crippen LogP contribution >= 0.6 is 0 Å². The first-order chi connectivity index (χ1) is 27.8. The molecule has 5 heterocycles. The maximum absolute atomic E-state index is 13.6. The number of hydrogen-bond donors (Lipinski definition) is 4. The number of H-pyrrole nitrogens is 2. The average molecular weight is 790 g/mol. The molecule has 0 bridgehead atoms. The van der Waals surface area contributed by atoms with E-state index in [1.807, 2.05) is 70.3 Å². The molecule has 0 saturated carbocycles. The number of methoxy groups -OCH3 is 1. The quantitative estimate of drug-likeness (QED) is 0.109. The molecule has 4 atom stereocenters. The number of aromatic nitrogens is 5. The molecule has 4 amide bonds. The standard InChI is InChI=1S/C43H51N9O6/c1-24(2)36(49-42(55)58-6)40(53)51-19-7-9-34(51)39-45-23-33(48-39)31-18-16-29-21-28(15-17-30(29)46-31)26-11-13-27(14-12-26)32-22-44-38(47-32)35-10-8-20-52(35)41(54)37(25(3)4)50(5)43(56)57/h11-18,21-25,34-37H,7-10,19-20H2,1-6H3,(H,44,47)(H,45,48)(H,49,55)(H,56,57)/t34-,35-,36-,37-/m0/s1. The number of nitrogens with zero attached hydrogens (tertiary/aromatic N) is 6. The number of benzene rings is 2. The molecule has 2 aromatic carbocycles. The minimum atomic E-state index is -1.13. The fraction of sp³-hybridized carbons (Fsp3) is 0.419. The molecule has 5 aromatic rings. The number of likely N-dealkylation sites (tertiary alicyclic amines) is 2. The van der Waals surface area contributed by atoms with E-state index in [9.17, 15) is 24.3 Å². The number of nitrogens with one attached hydrogen (secondary N) is 3. The third-order valence-electron chi connectivity index (χ3n) is 11.4. The van der Waals surface area contributed by atoms with E-state index in [0.717, 1.165) is 63.9 Å². The van der Waals surface area contributed by atoms with Crippen molar-refractivity contribution in [2.24, 2.45) is 11.8 Å². The lowest BCUT2D eigenvalue weighted by Gasteiger charge is -2.33. The van der Waals surface area contributed by atoms with Gasteiger partial charge in [-0.3, -0.25) is 14.5 Å². The lowest BCUT2D eigenvalue weighted by molar-refractivity contribution is -0.138. The Labute approximate surface area is 337 Å². The fourth-order valence-electron chi connectivity index (χ4n) is 8.28. The van der Waals surface area contributed by atoms with E-state index in [-0.39, 0.29) is 35.7 Å². The van der Waals surface area contributed by atoms with Crippen LogP contribution < -0.4 is 5.32 Å². The van der Waals surface area contributed by atoms with Crippen LogP contribution in [0.15, 0.2) is 67.0 Å². The Hall–Kier alpha value is -6.25. The van der Waals surface area contributed by atoms with Gasteiger partial charge in [-0.05, 0) is 72.4 Å². The lowest BCUT2D eigenvalue weighted by atomic mass is 10.0. The van der Waals surface area contributed by atoms with Crippen molar-refractivity contribution in [2.45, 2.75) is 77.5 Å². The maximum Gasteiger partial charge on any atom is 0.407 e. The van der Waals surface area contributed by atoms with Crippen molar-refractivity contribution < 1.29 is 29.0 Å². The molecule has 58 heavy (non-hydrogen) atoms. The average Bonchev–Trinajstić information content (AvgIpc) is 4.06. The van der Waals surface area contributed by atoms with Gasteiger partial charge in [0, 0.05) is 31.7 Å². The van der Waals surface area contributed by atoms with E-state index in [1.165, 1.54) is 14.2 Å². The van der Waals surface area contributed by atoms with Crippen LogP contribution in [0.25, 0.3) is 44.7 Å². The zero-order valence-electron chi connectivity index (χ0n) is 33.7. The Morgan fingerprint density at radius 1 is 0.828 bits per heavy atom. The summed E-state index contributed by atoms with van der Waals surface area (Å²) in [6.07, 6.45) is 5.00. The SMILES string of the molecule is COC(=O)N[C@H](C(=O)N1CCC[C@H]1c1nc(-c2ccc3cc(-c4ccc(-c5cnc([C@@H]6CCCN6C(=O)[C@H](C(C)C)N(C)C(=O)O)[nH]5)cc4)ccc3n2)c[nH]1)C(C)C. The number of likely N-dealkylation sites (N-methyl/N-ethyl adjacent to an activating group) is 1. The van der Waals surface area contributed by atoms with E-state index in [2.05, 4.69) is 38.5 Å². The minimum absolute atomic E-state index is 0.118. The summed E-state index contributed by atoms with van der Waals surface area (Å²) in [6, 6.07) is 16.4. The highest BCUT2D eigenvalue weighted by Gasteiger charge is 2.40. The summed E-state index contributed by atoms with van der Waals surface area (Å²) in [4.78, 5) is 76.7. The number of ether oxygens (including phenoxy) is 1. The van der Waals surface area contributed by atoms with Crippen molar-refractivity contribution in [3.8, 4) is 33.8 Å². The molecule has 0 unspecified atom stereocenters. The second kappa shape index (κ2) is 16.7. The van der Waals surface area contributed by atoms with E-state index in [0.29, 0.717) is 36.1 Å². The van der Waals surface area contributed by atoms with Crippen molar-refractivity contribution in [2.75, 3.05) is 27.2 Å². The first-order valence-electron chi connectivity index (χ1n) is 19.9. The Bertz CT molecular complexity index is 2300. The number of alkyl carbamates (subject to hydrolysis) is 1. The predicted octanol–water partition coefficient (Wildman–Crippen LogP) is 7.02. The lowest BCUT2D eigenvalue weighted by Crippen LogP contribution is -2.51. The Morgan fingerprint density at radius 2 is 1.48 bits per heavy atom. The molecule has 4 N–H and O–H groups in total. The molecule has 2 aliphatic heterocycles. The first-order valence-corrected chi connectivity index (χ1v) is 19.9. The van der Waals surface area contributed by atoms with Crippen LogP contribution in [-0.4, -0.2) is 108 Å². The summed E-state index contributed by atoms with van der Waals surface area (Å²) >= 11 is 0. The van der Waals surface area contributed by atoms with Crippen molar-refractivity contribution in [3.63, 3.8) is 0 Å². The van der Waals surface area contributed by atoms with Crippen LogP contribution in [0.1, 0.15) is 77.1 Å². The third-order valence-corrected chi connectivity index (χ3v) is 11.4. The zero-order chi connectivity index (χ0) is 41.2. The van der Waals surface area contributed by atoms with Crippen molar-refractivity contribution >= 4 is 34.9 Å². The van der Waals surface area contributed by atoms with Gasteiger partial charge in [-0.15, -0.1) is 0 Å². The topological polar surface area (TPSA) is 190 Å². The molecule has 0 spiro atoms. The van der Waals surface area contributed by atoms with Gasteiger partial charge < -0.3 is 34.9 Å². The largest absolute Gasteiger partial charge is 0.465 e. The summed E-state index contributed by atoms with van der Waals surface area (Å²) in [5, 5.41) is 13.3. The number of aromatic amines is 2. The van der Waals surface area contributed by atoms with Gasteiger partial charge in [0.25, 0.3) is 0 Å². The zero-order valence-corrected chi connectivity index (χ0v) is 33.7. The van der Waals surface area contributed by atoms with E-state index >= 15 is 0 Å². The van der Waals surface area contributed by atoms with Crippen molar-refractivity contribution in [3.05, 3.63) is 78.6 Å². The number of amides is 4. The van der Waals surface area contributed by atoms with Crippen LogP contribution in [0.5, 0.6) is 0 Å². The molecule has 304 valence electrons. The Kier molecular flexibility index (Phi) is 11.5. The summed E-state index contributed by atoms with van der Waals surface area (Å²) in [5.74, 6) is 0.730. The molecule has 2 fully saturated rings. The van der Waals surface area contributed by atoms with Crippen LogP contribution in [0.4, 0.5) is 9.59 Å². The van der Waals surface area contributed by atoms with Crippen LogP contribution in [-0.2, 0) is 14.3 Å². The van der Waals surface area contributed by atoms with Gasteiger partial charge in [0.15, 0.2) is 0 Å². The number of imidazole rings is 2. The summed E-state index contributed by atoms with van der Waals surface area (Å²) in [5.41, 5.74) is 6.10. The van der Waals surface area contributed by atoms with E-state index in [1.54, 1.807) is 16.0 Å². The second-order valence-corrected chi connectivity index (χ2v) is 15.9. The highest BCUT2D eigenvalue weighted by molar-refractivity contribution is 5.88. The number of rotatable bonds is 11. The number of fused-ring (bicyclic) bond motifs is 1. The number of carboxylic acid groups (broad SMARTS) is 1. The van der Waals surface area contributed by atoms with Gasteiger partial charge in [-0.2, -0.15) is 0 Å². The molecule has 15 nitrogen and oxygen atoms in total.